The maximum absolute atomic E-state index is 9.57. The summed E-state index contributed by atoms with van der Waals surface area (Å²) >= 11 is 0. The number of methoxy groups -OCH3 is 1. The molecule has 2 aromatic rings. The first-order valence-electron chi connectivity index (χ1n) is 7.68. The number of para-hydroxylation sites is 1. The second-order valence-corrected chi connectivity index (χ2v) is 5.92. The molecule has 4 nitrogen and oxygen atoms in total. The molecule has 1 aromatic heterocycles. The van der Waals surface area contributed by atoms with Gasteiger partial charge >= 0.3 is 0 Å². The molecule has 1 heterocycles. The van der Waals surface area contributed by atoms with Crippen LogP contribution in [0.1, 0.15) is 44.4 Å². The molecule has 0 amide bonds. The number of fused-ring (bicyclic) bond motifs is 1. The molecule has 1 atom stereocenters. The Morgan fingerprint density at radius 3 is 2.76 bits per heavy atom. The smallest absolute Gasteiger partial charge is 0.176 e. The summed E-state index contributed by atoms with van der Waals surface area (Å²) in [6.45, 7) is 2.12. The summed E-state index contributed by atoms with van der Waals surface area (Å²) in [7, 11) is 1.66. The third-order valence-electron chi connectivity index (χ3n) is 4.36. The lowest BCUT2D eigenvalue weighted by atomic mass is 9.92. The molecule has 1 unspecified atom stereocenters. The van der Waals surface area contributed by atoms with E-state index in [1.165, 1.54) is 0 Å². The number of aliphatic hydroxyl groups excluding tert-OH is 1. The Hall–Kier alpha value is -1.52. The fourth-order valence-corrected chi connectivity index (χ4v) is 3.11. The van der Waals surface area contributed by atoms with Gasteiger partial charge in [0.25, 0.3) is 0 Å². The molecule has 1 aliphatic carbocycles. The molecule has 0 saturated heterocycles. The van der Waals surface area contributed by atoms with Crippen molar-refractivity contribution >= 4 is 11.0 Å². The van der Waals surface area contributed by atoms with E-state index in [-0.39, 0.29) is 12.1 Å². The zero-order valence-corrected chi connectivity index (χ0v) is 12.6. The molecule has 1 fully saturated rings. The lowest BCUT2D eigenvalue weighted by molar-refractivity contribution is 0.114. The maximum Gasteiger partial charge on any atom is 0.176 e. The first-order chi connectivity index (χ1) is 10.2. The average Bonchev–Trinajstić information content (AvgIpc) is 2.93. The van der Waals surface area contributed by atoms with Crippen LogP contribution in [-0.4, -0.2) is 24.4 Å². The number of ether oxygens (including phenoxy) is 1. The minimum absolute atomic E-state index is 0.117. The van der Waals surface area contributed by atoms with Crippen molar-refractivity contribution in [2.45, 2.75) is 50.8 Å². The summed E-state index contributed by atoms with van der Waals surface area (Å²) in [5.41, 5.74) is 0.808. The Balaban J connectivity index is 1.74. The van der Waals surface area contributed by atoms with E-state index in [9.17, 15) is 5.11 Å². The second kappa shape index (κ2) is 6.08. The van der Waals surface area contributed by atoms with Crippen LogP contribution in [0.3, 0.4) is 0 Å². The number of hydrogen-bond donors (Lipinski definition) is 2. The molecule has 0 aliphatic heterocycles. The highest BCUT2D eigenvalue weighted by Gasteiger charge is 2.22. The average molecular weight is 289 g/mol. The van der Waals surface area contributed by atoms with Gasteiger partial charge in [-0.2, -0.15) is 0 Å². The zero-order valence-electron chi connectivity index (χ0n) is 12.6. The van der Waals surface area contributed by atoms with Gasteiger partial charge < -0.3 is 19.6 Å². The van der Waals surface area contributed by atoms with Gasteiger partial charge in [0.05, 0.1) is 19.3 Å². The van der Waals surface area contributed by atoms with E-state index in [2.05, 4.69) is 18.3 Å². The molecule has 2 N–H and O–H groups in total. The highest BCUT2D eigenvalue weighted by Crippen LogP contribution is 2.31. The lowest BCUT2D eigenvalue weighted by Crippen LogP contribution is -2.36. The fraction of sp³-hybridized carbons (Fsp3) is 0.529. The molecular formula is C17H23NO3. The molecule has 0 radical (unpaired) electrons. The first-order valence-corrected chi connectivity index (χ1v) is 7.68. The highest BCUT2D eigenvalue weighted by molar-refractivity contribution is 5.83. The Labute approximate surface area is 125 Å². The Morgan fingerprint density at radius 2 is 2.05 bits per heavy atom. The van der Waals surface area contributed by atoms with Crippen LogP contribution in [0.4, 0.5) is 0 Å². The molecule has 3 rings (SSSR count). The van der Waals surface area contributed by atoms with Gasteiger partial charge in [-0.15, -0.1) is 0 Å². The van der Waals surface area contributed by atoms with E-state index in [4.69, 9.17) is 9.15 Å². The fourth-order valence-electron chi connectivity index (χ4n) is 3.11. The zero-order chi connectivity index (χ0) is 14.8. The number of furan rings is 1. The molecular weight excluding hydrogens is 266 g/mol. The van der Waals surface area contributed by atoms with Gasteiger partial charge in [0.1, 0.15) is 5.76 Å². The third-order valence-corrected chi connectivity index (χ3v) is 4.36. The van der Waals surface area contributed by atoms with Crippen LogP contribution in [-0.2, 0) is 0 Å². The largest absolute Gasteiger partial charge is 0.493 e. The van der Waals surface area contributed by atoms with Crippen LogP contribution in [0.2, 0.25) is 0 Å². The number of nitrogens with one attached hydrogen (secondary N) is 1. The van der Waals surface area contributed by atoms with Crippen LogP contribution < -0.4 is 10.1 Å². The molecule has 21 heavy (non-hydrogen) atoms. The molecule has 1 aromatic carbocycles. The molecule has 114 valence electrons. The summed E-state index contributed by atoms with van der Waals surface area (Å²) < 4.78 is 11.3. The summed E-state index contributed by atoms with van der Waals surface area (Å²) in [6.07, 6.45) is 3.70. The van der Waals surface area contributed by atoms with Crippen molar-refractivity contribution in [3.63, 3.8) is 0 Å². The normalized spacial score (nSPS) is 24.1. The first kappa shape index (κ1) is 14.4. The number of aliphatic hydroxyl groups is 1. The van der Waals surface area contributed by atoms with E-state index in [1.54, 1.807) is 7.11 Å². The molecule has 1 saturated carbocycles. The highest BCUT2D eigenvalue weighted by atomic mass is 16.5. The van der Waals surface area contributed by atoms with Crippen molar-refractivity contribution in [1.29, 1.82) is 0 Å². The third kappa shape index (κ3) is 3.06. The van der Waals surface area contributed by atoms with Crippen molar-refractivity contribution in [1.82, 2.24) is 5.32 Å². The van der Waals surface area contributed by atoms with Crippen LogP contribution >= 0.6 is 0 Å². The number of rotatable bonds is 4. The van der Waals surface area contributed by atoms with Gasteiger partial charge in [-0.05, 0) is 44.7 Å². The van der Waals surface area contributed by atoms with Gasteiger partial charge in [-0.3, -0.25) is 0 Å². The summed E-state index contributed by atoms with van der Waals surface area (Å²) in [4.78, 5) is 0. The van der Waals surface area contributed by atoms with Crippen molar-refractivity contribution in [3.8, 4) is 5.75 Å². The van der Waals surface area contributed by atoms with E-state index in [0.717, 1.165) is 48.2 Å². The van der Waals surface area contributed by atoms with Crippen molar-refractivity contribution in [2.24, 2.45) is 0 Å². The number of benzene rings is 1. The van der Waals surface area contributed by atoms with Gasteiger partial charge in [0.15, 0.2) is 11.3 Å². The van der Waals surface area contributed by atoms with Crippen molar-refractivity contribution in [3.05, 3.63) is 30.0 Å². The minimum Gasteiger partial charge on any atom is -0.493 e. The van der Waals surface area contributed by atoms with Gasteiger partial charge in [0.2, 0.25) is 0 Å². The predicted molar refractivity (Wildman–Crippen MR) is 82.6 cm³/mol. The van der Waals surface area contributed by atoms with E-state index < -0.39 is 0 Å². The van der Waals surface area contributed by atoms with Crippen LogP contribution in [0, 0.1) is 0 Å². The van der Waals surface area contributed by atoms with Crippen LogP contribution in [0.25, 0.3) is 11.0 Å². The van der Waals surface area contributed by atoms with Crippen LogP contribution in [0.5, 0.6) is 5.75 Å². The van der Waals surface area contributed by atoms with Crippen LogP contribution in [0.15, 0.2) is 28.7 Å². The Kier molecular flexibility index (Phi) is 4.17. The van der Waals surface area contributed by atoms with E-state index >= 15 is 0 Å². The van der Waals surface area contributed by atoms with Crippen molar-refractivity contribution in [2.75, 3.05) is 7.11 Å². The SMILES string of the molecule is COc1cccc2cc(C(C)NC3CCC(O)CC3)oc12. The minimum atomic E-state index is -0.117. The molecule has 0 spiro atoms. The topological polar surface area (TPSA) is 54.6 Å². The summed E-state index contributed by atoms with van der Waals surface area (Å²) in [5, 5.41) is 14.2. The van der Waals surface area contributed by atoms with Gasteiger partial charge in [0, 0.05) is 11.4 Å². The van der Waals surface area contributed by atoms with E-state index in [1.807, 2.05) is 18.2 Å². The molecule has 1 aliphatic rings. The Bertz CT molecular complexity index is 599. The number of hydrogen-bond acceptors (Lipinski definition) is 4. The monoisotopic (exact) mass is 289 g/mol. The van der Waals surface area contributed by atoms with E-state index in [0.29, 0.717) is 6.04 Å². The summed E-state index contributed by atoms with van der Waals surface area (Å²) in [6, 6.07) is 8.61. The quantitative estimate of drug-likeness (QED) is 0.906. The van der Waals surface area contributed by atoms with Crippen molar-refractivity contribution < 1.29 is 14.3 Å². The lowest BCUT2D eigenvalue weighted by Gasteiger charge is -2.28. The predicted octanol–water partition coefficient (Wildman–Crippen LogP) is 3.40. The maximum atomic E-state index is 9.57. The molecule has 0 bridgehead atoms. The standard InChI is InChI=1S/C17H23NO3/c1-11(18-13-6-8-14(19)9-7-13)16-10-12-4-3-5-15(20-2)17(12)21-16/h3-5,10-11,13-14,18-19H,6-9H2,1-2H3. The van der Waals surface area contributed by atoms with Gasteiger partial charge in [-0.25, -0.2) is 0 Å². The Morgan fingerprint density at radius 1 is 1.29 bits per heavy atom. The van der Waals surface area contributed by atoms with Gasteiger partial charge in [-0.1, -0.05) is 12.1 Å². The molecule has 4 heteroatoms. The summed E-state index contributed by atoms with van der Waals surface area (Å²) in [5.74, 6) is 1.70. The second-order valence-electron chi connectivity index (χ2n) is 5.92.